The van der Waals surface area contributed by atoms with Gasteiger partial charge in [-0.1, -0.05) is 23.5 Å². The number of rotatable bonds is 5. The number of carbonyl (C=O) groups is 2. The molecule has 2 aromatic carbocycles. The molecule has 0 saturated heterocycles. The number of benzene rings is 2. The third-order valence-electron chi connectivity index (χ3n) is 3.74. The maximum atomic E-state index is 12.6. The number of esters is 1. The molecule has 0 aliphatic rings. The summed E-state index contributed by atoms with van der Waals surface area (Å²) in [5, 5.41) is 2.96. The van der Waals surface area contributed by atoms with E-state index in [9.17, 15) is 18.0 Å². The summed E-state index contributed by atoms with van der Waals surface area (Å²) >= 11 is 1.15. The van der Waals surface area contributed by atoms with Crippen LogP contribution in [0.15, 0.2) is 47.4 Å². The Morgan fingerprint density at radius 2 is 1.86 bits per heavy atom. The second-order valence-electron chi connectivity index (χ2n) is 5.98. The fourth-order valence-corrected chi connectivity index (χ4v) is 4.30. The monoisotopic (exact) mass is 419 g/mol. The van der Waals surface area contributed by atoms with Gasteiger partial charge in [0.2, 0.25) is 10.0 Å². The largest absolute Gasteiger partial charge is 0.426 e. The lowest BCUT2D eigenvalue weighted by atomic mass is 10.2. The molecular weight excluding hydrogens is 402 g/mol. The Morgan fingerprint density at radius 3 is 2.54 bits per heavy atom. The van der Waals surface area contributed by atoms with Crippen LogP contribution in [-0.2, 0) is 14.8 Å². The van der Waals surface area contributed by atoms with E-state index in [-0.39, 0.29) is 16.2 Å². The first-order chi connectivity index (χ1) is 13.2. The van der Waals surface area contributed by atoms with E-state index < -0.39 is 21.9 Å². The van der Waals surface area contributed by atoms with Crippen molar-refractivity contribution >= 4 is 48.6 Å². The molecule has 0 atom stereocenters. The predicted molar refractivity (Wildman–Crippen MR) is 106 cm³/mol. The Kier molecular flexibility index (Phi) is 5.45. The van der Waals surface area contributed by atoms with Crippen molar-refractivity contribution in [2.75, 3.05) is 19.4 Å². The molecule has 0 saturated carbocycles. The van der Waals surface area contributed by atoms with Crippen LogP contribution in [-0.4, -0.2) is 43.7 Å². The molecule has 8 nitrogen and oxygen atoms in total. The van der Waals surface area contributed by atoms with Crippen LogP contribution in [0.3, 0.4) is 0 Å². The number of aromatic nitrogens is 1. The van der Waals surface area contributed by atoms with Gasteiger partial charge in [-0.2, -0.15) is 0 Å². The van der Waals surface area contributed by atoms with Crippen LogP contribution in [0.2, 0.25) is 0 Å². The van der Waals surface area contributed by atoms with Gasteiger partial charge in [-0.3, -0.25) is 14.9 Å². The molecule has 3 rings (SSSR count). The van der Waals surface area contributed by atoms with Crippen molar-refractivity contribution in [1.82, 2.24) is 9.29 Å². The number of nitrogens with one attached hydrogen (secondary N) is 1. The first kappa shape index (κ1) is 19.9. The Bertz CT molecular complexity index is 1170. The lowest BCUT2D eigenvalue weighted by molar-refractivity contribution is -0.131. The van der Waals surface area contributed by atoms with E-state index in [0.29, 0.717) is 15.3 Å². The van der Waals surface area contributed by atoms with Gasteiger partial charge in [0, 0.05) is 21.0 Å². The number of nitrogens with zero attached hydrogens (tertiary/aromatic N) is 2. The van der Waals surface area contributed by atoms with Gasteiger partial charge in [-0.15, -0.1) is 0 Å². The highest BCUT2D eigenvalue weighted by Gasteiger charge is 2.19. The van der Waals surface area contributed by atoms with Gasteiger partial charge in [0.1, 0.15) is 5.75 Å². The third kappa shape index (κ3) is 4.03. The van der Waals surface area contributed by atoms with E-state index in [4.69, 9.17) is 4.74 Å². The van der Waals surface area contributed by atoms with Crippen molar-refractivity contribution in [2.24, 2.45) is 0 Å². The van der Waals surface area contributed by atoms with Crippen molar-refractivity contribution in [3.05, 3.63) is 48.0 Å². The molecule has 0 radical (unpaired) electrons. The summed E-state index contributed by atoms with van der Waals surface area (Å²) in [6, 6.07) is 10.9. The summed E-state index contributed by atoms with van der Waals surface area (Å²) < 4.78 is 31.3. The highest BCUT2D eigenvalue weighted by atomic mass is 32.2. The molecule has 1 N–H and O–H groups in total. The molecule has 0 bridgehead atoms. The van der Waals surface area contributed by atoms with Gasteiger partial charge in [-0.25, -0.2) is 17.7 Å². The average Bonchev–Trinajstić information content (AvgIpc) is 3.02. The predicted octanol–water partition coefficient (Wildman–Crippen LogP) is 2.72. The quantitative estimate of drug-likeness (QED) is 0.504. The topological polar surface area (TPSA) is 106 Å². The third-order valence-corrected chi connectivity index (χ3v) is 6.49. The van der Waals surface area contributed by atoms with E-state index in [1.165, 1.54) is 45.3 Å². The molecule has 0 unspecified atom stereocenters. The molecule has 1 amide bonds. The smallest absolute Gasteiger partial charge is 0.308 e. The van der Waals surface area contributed by atoms with Crippen LogP contribution in [0.25, 0.3) is 10.2 Å². The highest BCUT2D eigenvalue weighted by molar-refractivity contribution is 7.89. The van der Waals surface area contributed by atoms with E-state index in [2.05, 4.69) is 10.3 Å². The zero-order valence-corrected chi connectivity index (χ0v) is 16.9. The number of hydrogen-bond acceptors (Lipinski definition) is 7. The number of carbonyl (C=O) groups excluding carboxylic acids is 2. The number of thiazole rings is 1. The lowest BCUT2D eigenvalue weighted by Gasteiger charge is -2.10. The summed E-state index contributed by atoms with van der Waals surface area (Å²) in [5.41, 5.74) is 0.749. The molecule has 1 heterocycles. The van der Waals surface area contributed by atoms with Crippen molar-refractivity contribution in [3.63, 3.8) is 0 Å². The van der Waals surface area contributed by atoms with E-state index >= 15 is 0 Å². The minimum atomic E-state index is -3.57. The zero-order chi connectivity index (χ0) is 20.5. The van der Waals surface area contributed by atoms with Crippen molar-refractivity contribution in [1.29, 1.82) is 0 Å². The second-order valence-corrected chi connectivity index (χ2v) is 9.16. The van der Waals surface area contributed by atoms with Gasteiger partial charge in [-0.05, 0) is 30.3 Å². The maximum Gasteiger partial charge on any atom is 0.308 e. The summed E-state index contributed by atoms with van der Waals surface area (Å²) in [6.07, 6.45) is 0. The van der Waals surface area contributed by atoms with E-state index in [1.807, 2.05) is 0 Å². The van der Waals surface area contributed by atoms with Crippen LogP contribution in [0, 0.1) is 0 Å². The van der Waals surface area contributed by atoms with Crippen LogP contribution in [0.1, 0.15) is 17.3 Å². The minimum absolute atomic E-state index is 0.145. The minimum Gasteiger partial charge on any atom is -0.426 e. The Hall–Kier alpha value is -2.82. The fourth-order valence-electron chi connectivity index (χ4n) is 2.39. The van der Waals surface area contributed by atoms with Crippen molar-refractivity contribution in [2.45, 2.75) is 11.8 Å². The molecular formula is C18H17N3O5S2. The molecule has 146 valence electrons. The molecule has 28 heavy (non-hydrogen) atoms. The van der Waals surface area contributed by atoms with E-state index in [1.54, 1.807) is 18.2 Å². The summed E-state index contributed by atoms with van der Waals surface area (Å²) in [5.74, 6) is -0.875. The standard InChI is InChI=1S/C18H17N3O5S2/c1-11(22)26-15-7-5-4-6-13(15)17(23)20-18-19-14-9-8-12(10-16(14)27-18)28(24,25)21(2)3/h4-10H,1-3H3,(H,19,20,23). The number of hydrogen-bond donors (Lipinski definition) is 1. The van der Waals surface area contributed by atoms with Gasteiger partial charge in [0.05, 0.1) is 20.7 Å². The van der Waals surface area contributed by atoms with Crippen LogP contribution >= 0.6 is 11.3 Å². The number of para-hydroxylation sites is 1. The van der Waals surface area contributed by atoms with Gasteiger partial charge < -0.3 is 4.74 Å². The van der Waals surface area contributed by atoms with Gasteiger partial charge >= 0.3 is 5.97 Å². The maximum absolute atomic E-state index is 12.6. The number of amides is 1. The average molecular weight is 419 g/mol. The first-order valence-corrected chi connectivity index (χ1v) is 10.4. The summed E-state index contributed by atoms with van der Waals surface area (Å²) in [7, 11) is -0.652. The number of fused-ring (bicyclic) bond motifs is 1. The van der Waals surface area contributed by atoms with Crippen LogP contribution in [0.5, 0.6) is 5.75 Å². The Labute approximate surface area is 165 Å². The molecule has 10 heteroatoms. The Morgan fingerprint density at radius 1 is 1.14 bits per heavy atom. The highest BCUT2D eigenvalue weighted by Crippen LogP contribution is 2.29. The first-order valence-electron chi connectivity index (χ1n) is 8.10. The summed E-state index contributed by atoms with van der Waals surface area (Å²) in [6.45, 7) is 1.25. The Balaban J connectivity index is 1.90. The fraction of sp³-hybridized carbons (Fsp3) is 0.167. The van der Waals surface area contributed by atoms with Gasteiger partial charge in [0.25, 0.3) is 5.91 Å². The molecule has 0 aliphatic heterocycles. The SMILES string of the molecule is CC(=O)Oc1ccccc1C(=O)Nc1nc2ccc(S(=O)(=O)N(C)C)cc2s1. The van der Waals surface area contributed by atoms with Crippen LogP contribution in [0.4, 0.5) is 5.13 Å². The molecule has 0 aliphatic carbocycles. The zero-order valence-electron chi connectivity index (χ0n) is 15.3. The van der Waals surface area contributed by atoms with Gasteiger partial charge in [0.15, 0.2) is 5.13 Å². The lowest BCUT2D eigenvalue weighted by Crippen LogP contribution is -2.22. The number of sulfonamides is 1. The van der Waals surface area contributed by atoms with Crippen molar-refractivity contribution < 1.29 is 22.7 Å². The van der Waals surface area contributed by atoms with Crippen LogP contribution < -0.4 is 10.1 Å². The molecule has 1 aromatic heterocycles. The molecule has 0 spiro atoms. The van der Waals surface area contributed by atoms with Crippen molar-refractivity contribution in [3.8, 4) is 5.75 Å². The molecule has 3 aromatic rings. The number of ether oxygens (including phenoxy) is 1. The number of anilines is 1. The summed E-state index contributed by atoms with van der Waals surface area (Å²) in [4.78, 5) is 28.2. The molecule has 0 fully saturated rings. The second kappa shape index (κ2) is 7.66. The normalized spacial score (nSPS) is 11.6. The van der Waals surface area contributed by atoms with E-state index in [0.717, 1.165) is 15.6 Å².